The van der Waals surface area contributed by atoms with Gasteiger partial charge in [0, 0.05) is 18.1 Å². The van der Waals surface area contributed by atoms with Crippen molar-refractivity contribution in [2.45, 2.75) is 34.6 Å². The van der Waals surface area contributed by atoms with Crippen molar-refractivity contribution in [1.82, 2.24) is 4.90 Å². The van der Waals surface area contributed by atoms with Crippen LogP contribution in [0.1, 0.15) is 6.42 Å². The minimum Gasteiger partial charge on any atom is -0.336 e. The lowest BCUT2D eigenvalue weighted by molar-refractivity contribution is -0.345. The zero-order valence-electron chi connectivity index (χ0n) is 13.1. The summed E-state index contributed by atoms with van der Waals surface area (Å²) in [6, 6.07) is 4.72. The number of sulfone groups is 1. The number of halogens is 8. The van der Waals surface area contributed by atoms with Crippen molar-refractivity contribution in [2.24, 2.45) is 0 Å². The van der Waals surface area contributed by atoms with Crippen molar-refractivity contribution in [3.8, 4) is 0 Å². The molecule has 13 heteroatoms. The van der Waals surface area contributed by atoms with E-state index in [0.717, 1.165) is 12.1 Å². The van der Waals surface area contributed by atoms with Crippen LogP contribution in [0.5, 0.6) is 0 Å². The van der Waals surface area contributed by atoms with E-state index < -0.39 is 58.5 Å². The average molecular weight is 442 g/mol. The molecule has 0 bridgehead atoms. The lowest BCUT2D eigenvalue weighted by Gasteiger charge is -2.30. The summed E-state index contributed by atoms with van der Waals surface area (Å²) in [7, 11) is -4.14. The van der Waals surface area contributed by atoms with Crippen LogP contribution in [0.4, 0.5) is 30.7 Å². The predicted molar refractivity (Wildman–Crippen MR) is 79.6 cm³/mol. The van der Waals surface area contributed by atoms with Gasteiger partial charge in [-0.25, -0.2) is 8.42 Å². The number of nitrogens with zero attached hydrogens (tertiary/aromatic N) is 1. The lowest BCUT2D eigenvalue weighted by Crippen LogP contribution is -2.60. The molecule has 0 aliphatic carbocycles. The van der Waals surface area contributed by atoms with E-state index in [0.29, 0.717) is 0 Å². The first kappa shape index (κ1) is 21.7. The molecule has 1 aromatic rings. The van der Waals surface area contributed by atoms with Crippen LogP contribution >= 0.6 is 11.6 Å². The summed E-state index contributed by atoms with van der Waals surface area (Å²) in [5, 5.41) is -1.22. The Balaban J connectivity index is 2.22. The molecular weight excluding hydrogens is 431 g/mol. The van der Waals surface area contributed by atoms with E-state index in [-0.39, 0.29) is 14.8 Å². The highest BCUT2D eigenvalue weighted by molar-refractivity contribution is 7.92. The second-order valence-electron chi connectivity index (χ2n) is 5.81. The van der Waals surface area contributed by atoms with Crippen molar-refractivity contribution in [3.63, 3.8) is 0 Å². The molecule has 1 aromatic carbocycles. The summed E-state index contributed by atoms with van der Waals surface area (Å²) in [5.74, 6) is -15.4. The Morgan fingerprint density at radius 2 is 1.56 bits per heavy atom. The minimum absolute atomic E-state index is 0.00220. The molecular formula is C14H11ClF7NO3S. The van der Waals surface area contributed by atoms with Gasteiger partial charge in [-0.2, -0.15) is 30.7 Å². The van der Waals surface area contributed by atoms with E-state index in [1.807, 2.05) is 0 Å². The van der Waals surface area contributed by atoms with Crippen LogP contribution in [0.2, 0.25) is 5.02 Å². The molecule has 0 N–H and O–H groups in total. The summed E-state index contributed by atoms with van der Waals surface area (Å²) in [5.41, 5.74) is 0. The van der Waals surface area contributed by atoms with Crippen LogP contribution in [0, 0.1) is 0 Å². The van der Waals surface area contributed by atoms with Gasteiger partial charge in [-0.15, -0.1) is 0 Å². The number of benzene rings is 1. The third-order valence-electron chi connectivity index (χ3n) is 4.03. The fourth-order valence-electron chi connectivity index (χ4n) is 2.49. The van der Waals surface area contributed by atoms with Crippen LogP contribution in [0.3, 0.4) is 0 Å². The molecule has 152 valence electrons. The third kappa shape index (κ3) is 3.73. The predicted octanol–water partition coefficient (Wildman–Crippen LogP) is 3.55. The average Bonchev–Trinajstić information content (AvgIpc) is 3.03. The summed E-state index contributed by atoms with van der Waals surface area (Å²) < 4.78 is 114. The number of hydrogen-bond acceptors (Lipinski definition) is 3. The third-order valence-corrected chi connectivity index (χ3v) is 6.48. The molecule has 1 atom stereocenters. The zero-order valence-corrected chi connectivity index (χ0v) is 14.7. The van der Waals surface area contributed by atoms with Crippen molar-refractivity contribution in [2.75, 3.05) is 13.1 Å². The van der Waals surface area contributed by atoms with Gasteiger partial charge < -0.3 is 4.90 Å². The molecule has 1 unspecified atom stereocenters. The Hall–Kier alpha value is -1.56. The first-order valence-corrected chi connectivity index (χ1v) is 9.16. The largest absolute Gasteiger partial charge is 0.460 e. The number of hydrogen-bond donors (Lipinski definition) is 0. The highest BCUT2D eigenvalue weighted by Gasteiger charge is 2.77. The molecule has 27 heavy (non-hydrogen) atoms. The smallest absolute Gasteiger partial charge is 0.336 e. The van der Waals surface area contributed by atoms with Crippen LogP contribution in [0.25, 0.3) is 0 Å². The first-order chi connectivity index (χ1) is 12.1. The van der Waals surface area contributed by atoms with Gasteiger partial charge in [0.25, 0.3) is 5.91 Å². The second-order valence-corrected chi connectivity index (χ2v) is 8.47. The highest BCUT2D eigenvalue weighted by atomic mass is 35.5. The lowest BCUT2D eigenvalue weighted by atomic mass is 10.1. The standard InChI is InChI=1S/C14H11ClF7NO3S/c15-8-1-3-9(4-2-8)27(25,26)10-5-6-23(7-10)11(24)12(16,17)13(18,19)14(20,21)22/h1-4,10H,5-7H2. The van der Waals surface area contributed by atoms with Gasteiger partial charge in [0.05, 0.1) is 10.1 Å². The van der Waals surface area contributed by atoms with E-state index in [1.54, 1.807) is 0 Å². The maximum atomic E-state index is 13.5. The van der Waals surface area contributed by atoms with E-state index in [9.17, 15) is 43.9 Å². The van der Waals surface area contributed by atoms with Crippen LogP contribution in [0.15, 0.2) is 29.2 Å². The maximum Gasteiger partial charge on any atom is 0.460 e. The summed E-state index contributed by atoms with van der Waals surface area (Å²) in [6.07, 6.45) is -7.05. The molecule has 4 nitrogen and oxygen atoms in total. The molecule has 1 aliphatic heterocycles. The zero-order chi connectivity index (χ0) is 20.8. The van der Waals surface area contributed by atoms with E-state index in [4.69, 9.17) is 11.6 Å². The Labute approximate surface area is 153 Å². The number of carbonyl (C=O) groups excluding carboxylic acids is 1. The van der Waals surface area contributed by atoms with Crippen molar-refractivity contribution in [3.05, 3.63) is 29.3 Å². The summed E-state index contributed by atoms with van der Waals surface area (Å²) >= 11 is 5.62. The number of rotatable bonds is 4. The first-order valence-electron chi connectivity index (χ1n) is 7.23. The molecule has 1 heterocycles. The number of likely N-dealkylation sites (tertiary alicyclic amines) is 1. The topological polar surface area (TPSA) is 54.5 Å². The maximum absolute atomic E-state index is 13.5. The Bertz CT molecular complexity index is 824. The number of carbonyl (C=O) groups is 1. The fourth-order valence-corrected chi connectivity index (χ4v) is 4.31. The monoisotopic (exact) mass is 441 g/mol. The van der Waals surface area contributed by atoms with Gasteiger partial charge in [0.15, 0.2) is 9.84 Å². The fraction of sp³-hybridized carbons (Fsp3) is 0.500. The van der Waals surface area contributed by atoms with Crippen LogP contribution in [-0.4, -0.2) is 55.6 Å². The normalized spacial score (nSPS) is 19.4. The minimum atomic E-state index is -6.65. The second kappa shape index (κ2) is 6.80. The molecule has 0 spiro atoms. The van der Waals surface area contributed by atoms with E-state index >= 15 is 0 Å². The van der Waals surface area contributed by atoms with E-state index in [2.05, 4.69) is 0 Å². The molecule has 2 rings (SSSR count). The molecule has 0 radical (unpaired) electrons. The number of amides is 1. The molecule has 0 aromatic heterocycles. The molecule has 1 fully saturated rings. The van der Waals surface area contributed by atoms with Crippen molar-refractivity contribution < 1.29 is 43.9 Å². The van der Waals surface area contributed by atoms with Gasteiger partial charge in [-0.1, -0.05) is 11.6 Å². The van der Waals surface area contributed by atoms with Crippen molar-refractivity contribution in [1.29, 1.82) is 0 Å². The van der Waals surface area contributed by atoms with E-state index in [1.165, 1.54) is 12.1 Å². The summed E-state index contributed by atoms with van der Waals surface area (Å²) in [4.78, 5) is 11.3. The Kier molecular flexibility index (Phi) is 5.47. The van der Waals surface area contributed by atoms with Crippen molar-refractivity contribution >= 4 is 27.3 Å². The molecule has 0 saturated carbocycles. The van der Waals surface area contributed by atoms with Crippen LogP contribution < -0.4 is 0 Å². The summed E-state index contributed by atoms with van der Waals surface area (Å²) in [6.45, 7) is -1.65. The SMILES string of the molecule is O=C(N1CCC(S(=O)(=O)c2ccc(Cl)cc2)C1)C(F)(F)C(F)(F)C(F)(F)F. The van der Waals surface area contributed by atoms with Gasteiger partial charge >= 0.3 is 18.0 Å². The quantitative estimate of drug-likeness (QED) is 0.672. The molecule has 1 aliphatic rings. The number of alkyl halides is 7. The van der Waals surface area contributed by atoms with Gasteiger partial charge in [0.1, 0.15) is 0 Å². The van der Waals surface area contributed by atoms with Gasteiger partial charge in [-0.3, -0.25) is 4.79 Å². The Morgan fingerprint density at radius 1 is 1.04 bits per heavy atom. The van der Waals surface area contributed by atoms with Crippen LogP contribution in [-0.2, 0) is 14.6 Å². The van der Waals surface area contributed by atoms with Gasteiger partial charge in [0.2, 0.25) is 0 Å². The Morgan fingerprint density at radius 3 is 2.04 bits per heavy atom. The molecule has 1 amide bonds. The van der Waals surface area contributed by atoms with Gasteiger partial charge in [-0.05, 0) is 30.7 Å². The molecule has 1 saturated heterocycles. The highest BCUT2D eigenvalue weighted by Crippen LogP contribution is 2.47.